The third-order valence-electron chi connectivity index (χ3n) is 2.84. The normalized spacial score (nSPS) is 10.3. The zero-order valence-electron chi connectivity index (χ0n) is 11.1. The average Bonchev–Trinajstić information content (AvgIpc) is 2.84. The van der Waals surface area contributed by atoms with Gasteiger partial charge in [0.1, 0.15) is 11.3 Å². The number of thiazole rings is 1. The van der Waals surface area contributed by atoms with Crippen LogP contribution in [-0.2, 0) is 6.42 Å². The first-order chi connectivity index (χ1) is 9.99. The quantitative estimate of drug-likeness (QED) is 0.650. The van der Waals surface area contributed by atoms with Gasteiger partial charge in [0.15, 0.2) is 0 Å². The highest BCUT2D eigenvalue weighted by Crippen LogP contribution is 2.25. The van der Waals surface area contributed by atoms with Crippen LogP contribution in [0.15, 0.2) is 23.7 Å². The average molecular weight is 308 g/mol. The van der Waals surface area contributed by atoms with Gasteiger partial charge >= 0.3 is 5.97 Å². The van der Waals surface area contributed by atoms with Crippen molar-refractivity contribution in [1.82, 2.24) is 4.98 Å². The predicted molar refractivity (Wildman–Crippen MR) is 76.1 cm³/mol. The molecule has 0 fully saturated rings. The smallest absolute Gasteiger partial charge is 0.339 e. The highest BCUT2D eigenvalue weighted by atomic mass is 32.1. The zero-order chi connectivity index (χ0) is 15.4. The minimum Gasteiger partial charge on any atom is -0.492 e. The van der Waals surface area contributed by atoms with Gasteiger partial charge in [-0.2, -0.15) is 0 Å². The first-order valence-corrected chi connectivity index (χ1v) is 6.90. The van der Waals surface area contributed by atoms with Crippen molar-refractivity contribution in [2.75, 3.05) is 6.61 Å². The summed E-state index contributed by atoms with van der Waals surface area (Å²) in [4.78, 5) is 26.4. The van der Waals surface area contributed by atoms with Crippen LogP contribution in [0, 0.1) is 17.0 Å². The zero-order valence-corrected chi connectivity index (χ0v) is 11.9. The molecule has 0 spiro atoms. The summed E-state index contributed by atoms with van der Waals surface area (Å²) in [5.74, 6) is -1.19. The van der Waals surface area contributed by atoms with Crippen molar-refractivity contribution in [3.63, 3.8) is 0 Å². The SMILES string of the molecule is Cc1ncsc1CCOc1cc([N+](=O)[O-])ccc1C(=O)O. The van der Waals surface area contributed by atoms with E-state index in [1.807, 2.05) is 6.92 Å². The summed E-state index contributed by atoms with van der Waals surface area (Å²) < 4.78 is 5.41. The lowest BCUT2D eigenvalue weighted by atomic mass is 10.2. The highest BCUT2D eigenvalue weighted by molar-refractivity contribution is 7.09. The van der Waals surface area contributed by atoms with Gasteiger partial charge in [-0.25, -0.2) is 9.78 Å². The van der Waals surface area contributed by atoms with E-state index < -0.39 is 10.9 Å². The Morgan fingerprint density at radius 2 is 2.29 bits per heavy atom. The van der Waals surface area contributed by atoms with Crippen molar-refractivity contribution in [3.8, 4) is 5.75 Å². The van der Waals surface area contributed by atoms with Crippen LogP contribution in [0.2, 0.25) is 0 Å². The molecule has 0 unspecified atom stereocenters. The van der Waals surface area contributed by atoms with Crippen molar-refractivity contribution in [3.05, 3.63) is 50.0 Å². The second kappa shape index (κ2) is 6.31. The molecule has 1 aromatic heterocycles. The predicted octanol–water partition coefficient (Wildman–Crippen LogP) is 2.68. The molecule has 2 rings (SSSR count). The number of aryl methyl sites for hydroxylation is 1. The number of carboxylic acids is 1. The summed E-state index contributed by atoms with van der Waals surface area (Å²) >= 11 is 1.49. The molecule has 0 radical (unpaired) electrons. The Morgan fingerprint density at radius 1 is 1.52 bits per heavy atom. The van der Waals surface area contributed by atoms with Gasteiger partial charge in [-0.15, -0.1) is 11.3 Å². The third kappa shape index (κ3) is 3.54. The first kappa shape index (κ1) is 14.9. The van der Waals surface area contributed by atoms with Crippen molar-refractivity contribution < 1.29 is 19.6 Å². The Bertz CT molecular complexity index is 683. The number of non-ortho nitro benzene ring substituents is 1. The largest absolute Gasteiger partial charge is 0.492 e. The molecule has 0 aliphatic rings. The number of aromatic carboxylic acids is 1. The van der Waals surface area contributed by atoms with E-state index in [1.54, 1.807) is 5.51 Å². The number of aromatic nitrogens is 1. The van der Waals surface area contributed by atoms with Crippen LogP contribution < -0.4 is 4.74 Å². The third-order valence-corrected chi connectivity index (χ3v) is 3.83. The fraction of sp³-hybridized carbons (Fsp3) is 0.231. The highest BCUT2D eigenvalue weighted by Gasteiger charge is 2.16. The van der Waals surface area contributed by atoms with Gasteiger partial charge in [-0.3, -0.25) is 10.1 Å². The van der Waals surface area contributed by atoms with Crippen molar-refractivity contribution in [2.24, 2.45) is 0 Å². The lowest BCUT2D eigenvalue weighted by Crippen LogP contribution is -2.07. The van der Waals surface area contributed by atoms with Crippen molar-refractivity contribution in [1.29, 1.82) is 0 Å². The van der Waals surface area contributed by atoms with E-state index in [9.17, 15) is 14.9 Å². The lowest BCUT2D eigenvalue weighted by molar-refractivity contribution is -0.384. The van der Waals surface area contributed by atoms with E-state index in [4.69, 9.17) is 9.84 Å². The second-order valence-corrected chi connectivity index (χ2v) is 5.14. The number of carboxylic acid groups (broad SMARTS) is 1. The number of benzene rings is 1. The lowest BCUT2D eigenvalue weighted by Gasteiger charge is -2.08. The number of rotatable bonds is 6. The van der Waals surface area contributed by atoms with Gasteiger partial charge in [-0.05, 0) is 13.0 Å². The molecule has 0 bridgehead atoms. The van der Waals surface area contributed by atoms with Crippen LogP contribution >= 0.6 is 11.3 Å². The summed E-state index contributed by atoms with van der Waals surface area (Å²) in [5, 5.41) is 19.8. The Labute approximate surface area is 124 Å². The Kier molecular flexibility index (Phi) is 4.49. The fourth-order valence-corrected chi connectivity index (χ4v) is 2.50. The van der Waals surface area contributed by atoms with E-state index in [0.29, 0.717) is 6.42 Å². The van der Waals surface area contributed by atoms with E-state index in [2.05, 4.69) is 4.98 Å². The molecule has 0 aliphatic carbocycles. The van der Waals surface area contributed by atoms with Crippen molar-refractivity contribution in [2.45, 2.75) is 13.3 Å². The summed E-state index contributed by atoms with van der Waals surface area (Å²) in [6.45, 7) is 2.10. The van der Waals surface area contributed by atoms with E-state index in [0.717, 1.165) is 22.7 Å². The van der Waals surface area contributed by atoms with Crippen LogP contribution in [0.1, 0.15) is 20.9 Å². The summed E-state index contributed by atoms with van der Waals surface area (Å²) in [5.41, 5.74) is 2.33. The molecule has 21 heavy (non-hydrogen) atoms. The van der Waals surface area contributed by atoms with Crippen LogP contribution in [0.25, 0.3) is 0 Å². The van der Waals surface area contributed by atoms with E-state index >= 15 is 0 Å². The second-order valence-electron chi connectivity index (χ2n) is 4.20. The minimum absolute atomic E-state index is 0.00105. The van der Waals surface area contributed by atoms with E-state index in [-0.39, 0.29) is 23.6 Å². The number of nitrogens with zero attached hydrogens (tertiary/aromatic N) is 2. The van der Waals surface area contributed by atoms with Gasteiger partial charge in [-0.1, -0.05) is 0 Å². The first-order valence-electron chi connectivity index (χ1n) is 6.02. The molecule has 8 heteroatoms. The molecule has 0 atom stereocenters. The monoisotopic (exact) mass is 308 g/mol. The summed E-state index contributed by atoms with van der Waals surface area (Å²) in [6.07, 6.45) is 0.568. The molecular formula is C13H12N2O5S. The number of nitro groups is 1. The minimum atomic E-state index is -1.19. The molecule has 1 aromatic carbocycles. The number of carbonyl (C=O) groups is 1. The number of ether oxygens (including phenoxy) is 1. The van der Waals surface area contributed by atoms with E-state index in [1.165, 1.54) is 17.4 Å². The van der Waals surface area contributed by atoms with Crippen LogP contribution in [0.3, 0.4) is 0 Å². The molecule has 2 aromatic rings. The fourth-order valence-electron chi connectivity index (χ4n) is 1.74. The van der Waals surface area contributed by atoms with Crippen LogP contribution in [0.5, 0.6) is 5.75 Å². The standard InChI is InChI=1S/C13H12N2O5S/c1-8-12(21-7-14-8)4-5-20-11-6-9(15(18)19)2-3-10(11)13(16)17/h2-3,6-7H,4-5H2,1H3,(H,16,17). The van der Waals surface area contributed by atoms with Crippen molar-refractivity contribution >= 4 is 23.0 Å². The maximum atomic E-state index is 11.1. The Morgan fingerprint density at radius 3 is 2.86 bits per heavy atom. The molecule has 0 saturated carbocycles. The number of hydrogen-bond donors (Lipinski definition) is 1. The van der Waals surface area contributed by atoms with Gasteiger partial charge in [0.2, 0.25) is 0 Å². The topological polar surface area (TPSA) is 103 Å². The molecule has 1 N–H and O–H groups in total. The molecule has 0 aliphatic heterocycles. The number of hydrogen-bond acceptors (Lipinski definition) is 6. The summed E-state index contributed by atoms with van der Waals surface area (Å²) in [6, 6.07) is 3.44. The van der Waals surface area contributed by atoms with Crippen LogP contribution in [0.4, 0.5) is 5.69 Å². The van der Waals surface area contributed by atoms with Gasteiger partial charge in [0.05, 0.1) is 28.8 Å². The molecule has 0 saturated heterocycles. The number of nitro benzene ring substituents is 1. The molecule has 110 valence electrons. The van der Waals surface area contributed by atoms with Gasteiger partial charge < -0.3 is 9.84 Å². The van der Waals surface area contributed by atoms with Gasteiger partial charge in [0.25, 0.3) is 5.69 Å². The molecule has 0 amide bonds. The van der Waals surface area contributed by atoms with Crippen LogP contribution in [-0.4, -0.2) is 27.6 Å². The Balaban J connectivity index is 2.13. The molecule has 7 nitrogen and oxygen atoms in total. The maximum absolute atomic E-state index is 11.1. The molecule has 1 heterocycles. The molecular weight excluding hydrogens is 296 g/mol. The summed E-state index contributed by atoms with van der Waals surface area (Å²) in [7, 11) is 0. The maximum Gasteiger partial charge on any atom is 0.339 e. The van der Waals surface area contributed by atoms with Gasteiger partial charge in [0, 0.05) is 17.4 Å². The Hall–Kier alpha value is -2.48.